The van der Waals surface area contributed by atoms with Crippen LogP contribution in [0.4, 0.5) is 18.9 Å². The van der Waals surface area contributed by atoms with Gasteiger partial charge >= 0.3 is 12.1 Å². The Morgan fingerprint density at radius 1 is 1.26 bits per heavy atom. The number of nitrogens with zero attached hydrogens (tertiary/aromatic N) is 2. The van der Waals surface area contributed by atoms with Crippen LogP contribution in [0.3, 0.4) is 0 Å². The molecule has 0 saturated heterocycles. The van der Waals surface area contributed by atoms with Gasteiger partial charge in [-0.25, -0.2) is 14.6 Å². The lowest BCUT2D eigenvalue weighted by Crippen LogP contribution is -2.05. The molecule has 0 fully saturated rings. The Morgan fingerprint density at radius 3 is 2.52 bits per heavy atom. The topological polar surface area (TPSA) is 52.8 Å². The molecular formula is C15H9F3N2O3. The van der Waals surface area contributed by atoms with Crippen LogP contribution in [-0.4, -0.2) is 18.1 Å². The number of carbonyl (C=O) groups excluding carboxylic acids is 1. The Labute approximate surface area is 129 Å². The minimum Gasteiger partial charge on any atom is -0.465 e. The Hall–Kier alpha value is -3.08. The molecular weight excluding hydrogens is 313 g/mol. The number of ether oxygens (including phenoxy) is 2. The maximum absolute atomic E-state index is 12.5. The van der Waals surface area contributed by atoms with Gasteiger partial charge in [-0.3, -0.25) is 0 Å². The fourth-order valence-corrected chi connectivity index (χ4v) is 1.66. The van der Waals surface area contributed by atoms with Gasteiger partial charge < -0.3 is 9.47 Å². The standard InChI is InChI=1S/C15H9F3N2O3/c1-19-11-7-9(14(21)22-2)3-5-12(11)23-13-6-4-10(8-20-13)15(16,17)18/h3-8H,2H3. The number of carbonyl (C=O) groups is 1. The molecule has 2 rings (SSSR count). The normalized spacial score (nSPS) is 10.7. The van der Waals surface area contributed by atoms with Gasteiger partial charge in [0.2, 0.25) is 11.6 Å². The molecule has 1 heterocycles. The predicted molar refractivity (Wildman–Crippen MR) is 73.4 cm³/mol. The lowest BCUT2D eigenvalue weighted by atomic mass is 10.2. The van der Waals surface area contributed by atoms with Gasteiger partial charge in [0.1, 0.15) is 5.75 Å². The van der Waals surface area contributed by atoms with Gasteiger partial charge in [-0.2, -0.15) is 13.2 Å². The number of benzene rings is 1. The summed E-state index contributed by atoms with van der Waals surface area (Å²) in [7, 11) is 1.20. The Kier molecular flexibility index (Phi) is 4.50. The van der Waals surface area contributed by atoms with Crippen LogP contribution >= 0.6 is 0 Å². The maximum Gasteiger partial charge on any atom is 0.417 e. The van der Waals surface area contributed by atoms with Gasteiger partial charge in [-0.1, -0.05) is 0 Å². The van der Waals surface area contributed by atoms with Crippen LogP contribution in [0.1, 0.15) is 15.9 Å². The molecule has 0 atom stereocenters. The van der Waals surface area contributed by atoms with Crippen molar-refractivity contribution in [2.24, 2.45) is 0 Å². The molecule has 0 bridgehead atoms. The zero-order chi connectivity index (χ0) is 17.0. The van der Waals surface area contributed by atoms with Crippen LogP contribution in [0.25, 0.3) is 4.85 Å². The average Bonchev–Trinajstić information content (AvgIpc) is 2.54. The van der Waals surface area contributed by atoms with Crippen molar-refractivity contribution in [1.82, 2.24) is 4.98 Å². The van der Waals surface area contributed by atoms with Gasteiger partial charge in [-0.15, -0.1) is 0 Å². The van der Waals surface area contributed by atoms with E-state index in [0.29, 0.717) is 6.20 Å². The molecule has 0 radical (unpaired) electrons. The maximum atomic E-state index is 12.5. The van der Waals surface area contributed by atoms with Crippen molar-refractivity contribution in [2.45, 2.75) is 6.18 Å². The summed E-state index contributed by atoms with van der Waals surface area (Å²) in [5.74, 6) is -0.650. The number of aromatic nitrogens is 1. The molecule has 0 unspecified atom stereocenters. The van der Waals surface area contributed by atoms with Crippen LogP contribution in [0.15, 0.2) is 36.5 Å². The smallest absolute Gasteiger partial charge is 0.417 e. The van der Waals surface area contributed by atoms with Crippen molar-refractivity contribution in [3.05, 3.63) is 59.1 Å². The van der Waals surface area contributed by atoms with Gasteiger partial charge in [-0.05, 0) is 24.3 Å². The molecule has 23 heavy (non-hydrogen) atoms. The number of hydrogen-bond acceptors (Lipinski definition) is 4. The third-order valence-electron chi connectivity index (χ3n) is 2.78. The number of esters is 1. The Balaban J connectivity index is 2.26. The fourth-order valence-electron chi connectivity index (χ4n) is 1.66. The van der Waals surface area contributed by atoms with E-state index in [1.165, 1.54) is 25.3 Å². The van der Waals surface area contributed by atoms with Crippen molar-refractivity contribution < 1.29 is 27.4 Å². The minimum absolute atomic E-state index is 0.00889. The van der Waals surface area contributed by atoms with Crippen LogP contribution in [-0.2, 0) is 10.9 Å². The van der Waals surface area contributed by atoms with Gasteiger partial charge in [0.15, 0.2) is 0 Å². The number of rotatable bonds is 3. The zero-order valence-electron chi connectivity index (χ0n) is 11.7. The summed E-state index contributed by atoms with van der Waals surface area (Å²) in [5.41, 5.74) is -0.739. The molecule has 118 valence electrons. The largest absolute Gasteiger partial charge is 0.465 e. The summed E-state index contributed by atoms with van der Waals surface area (Å²) in [5, 5.41) is 0. The van der Waals surface area contributed by atoms with Gasteiger partial charge in [0.05, 0.1) is 19.2 Å². The molecule has 0 aliphatic carbocycles. The molecule has 5 nitrogen and oxygen atoms in total. The molecule has 1 aromatic heterocycles. The van der Waals surface area contributed by atoms with E-state index in [4.69, 9.17) is 11.3 Å². The lowest BCUT2D eigenvalue weighted by molar-refractivity contribution is -0.137. The van der Waals surface area contributed by atoms with Crippen molar-refractivity contribution in [3.63, 3.8) is 0 Å². The first kappa shape index (κ1) is 16.3. The monoisotopic (exact) mass is 322 g/mol. The molecule has 1 aromatic carbocycles. The van der Waals surface area contributed by atoms with E-state index in [-0.39, 0.29) is 22.9 Å². The Bertz CT molecular complexity index is 765. The first-order chi connectivity index (χ1) is 10.8. The molecule has 0 spiro atoms. The van der Waals surface area contributed by atoms with Crippen molar-refractivity contribution in [1.29, 1.82) is 0 Å². The van der Waals surface area contributed by atoms with Crippen LogP contribution in [0, 0.1) is 6.57 Å². The third kappa shape index (κ3) is 3.77. The van der Waals surface area contributed by atoms with Crippen molar-refractivity contribution >= 4 is 11.7 Å². The highest BCUT2D eigenvalue weighted by Gasteiger charge is 2.30. The summed E-state index contributed by atoms with van der Waals surface area (Å²) in [6.45, 7) is 7.08. The summed E-state index contributed by atoms with van der Waals surface area (Å²) >= 11 is 0. The molecule has 0 aliphatic rings. The van der Waals surface area contributed by atoms with Crippen LogP contribution < -0.4 is 4.74 Å². The van der Waals surface area contributed by atoms with Crippen molar-refractivity contribution in [2.75, 3.05) is 7.11 Å². The average molecular weight is 322 g/mol. The van der Waals surface area contributed by atoms with Gasteiger partial charge in [0, 0.05) is 17.8 Å². The summed E-state index contributed by atoms with van der Waals surface area (Å²) in [6, 6.07) is 5.85. The zero-order valence-corrected chi connectivity index (χ0v) is 11.7. The first-order valence-corrected chi connectivity index (χ1v) is 6.16. The van der Waals surface area contributed by atoms with E-state index in [9.17, 15) is 18.0 Å². The number of halogens is 3. The molecule has 0 amide bonds. The third-order valence-corrected chi connectivity index (χ3v) is 2.78. The van der Waals surface area contributed by atoms with Crippen LogP contribution in [0.5, 0.6) is 11.6 Å². The number of hydrogen-bond donors (Lipinski definition) is 0. The molecule has 2 aromatic rings. The van der Waals surface area contributed by atoms with E-state index < -0.39 is 17.7 Å². The second kappa shape index (κ2) is 6.36. The SMILES string of the molecule is [C-]#[N+]c1cc(C(=O)OC)ccc1Oc1ccc(C(F)(F)F)cn1. The van der Waals surface area contributed by atoms with E-state index in [1.54, 1.807) is 0 Å². The highest BCUT2D eigenvalue weighted by Crippen LogP contribution is 2.34. The number of alkyl halides is 3. The molecule has 0 N–H and O–H groups in total. The summed E-state index contributed by atoms with van der Waals surface area (Å²) in [4.78, 5) is 18.2. The molecule has 0 saturated carbocycles. The highest BCUT2D eigenvalue weighted by molar-refractivity contribution is 5.91. The molecule has 0 aliphatic heterocycles. The second-order valence-corrected chi connectivity index (χ2v) is 4.27. The second-order valence-electron chi connectivity index (χ2n) is 4.27. The highest BCUT2D eigenvalue weighted by atomic mass is 19.4. The predicted octanol–water partition coefficient (Wildman–Crippen LogP) is 4.23. The minimum atomic E-state index is -4.49. The summed E-state index contributed by atoms with van der Waals surface area (Å²) < 4.78 is 47.2. The van der Waals surface area contributed by atoms with E-state index in [1.807, 2.05) is 0 Å². The van der Waals surface area contributed by atoms with Crippen molar-refractivity contribution in [3.8, 4) is 11.6 Å². The number of pyridine rings is 1. The molecule has 8 heteroatoms. The van der Waals surface area contributed by atoms with E-state index in [0.717, 1.165) is 12.1 Å². The lowest BCUT2D eigenvalue weighted by Gasteiger charge is -2.09. The van der Waals surface area contributed by atoms with Crippen LogP contribution in [0.2, 0.25) is 0 Å². The fraction of sp³-hybridized carbons (Fsp3) is 0.133. The Morgan fingerprint density at radius 2 is 2.00 bits per heavy atom. The quantitative estimate of drug-likeness (QED) is 0.627. The summed E-state index contributed by atoms with van der Waals surface area (Å²) in [6.07, 6.45) is -3.86. The van der Waals surface area contributed by atoms with E-state index in [2.05, 4.69) is 14.6 Å². The van der Waals surface area contributed by atoms with E-state index >= 15 is 0 Å². The number of methoxy groups -OCH3 is 1. The first-order valence-electron chi connectivity index (χ1n) is 6.16. The van der Waals surface area contributed by atoms with Gasteiger partial charge in [0.25, 0.3) is 0 Å².